The molecule has 200 valence electrons. The zero-order valence-corrected chi connectivity index (χ0v) is 22.1. The minimum Gasteiger partial charge on any atom is -0.383 e. The van der Waals surface area contributed by atoms with Crippen LogP contribution in [0.15, 0.2) is 73.2 Å². The van der Waals surface area contributed by atoms with E-state index in [1.54, 1.807) is 16.9 Å². The van der Waals surface area contributed by atoms with Crippen molar-refractivity contribution in [2.24, 2.45) is 0 Å². The van der Waals surface area contributed by atoms with Crippen molar-refractivity contribution >= 4 is 23.2 Å². The molecule has 7 rings (SSSR count). The van der Waals surface area contributed by atoms with E-state index < -0.39 is 0 Å². The van der Waals surface area contributed by atoms with E-state index in [1.165, 1.54) is 6.92 Å². The van der Waals surface area contributed by atoms with Gasteiger partial charge in [0.25, 0.3) is 5.91 Å². The second-order valence-corrected chi connectivity index (χ2v) is 10.8. The van der Waals surface area contributed by atoms with Crippen molar-refractivity contribution in [1.29, 1.82) is 0 Å². The van der Waals surface area contributed by atoms with Crippen molar-refractivity contribution in [3.05, 3.63) is 90.1 Å². The van der Waals surface area contributed by atoms with Crippen LogP contribution in [0.1, 0.15) is 65.1 Å². The molecule has 1 aromatic carbocycles. The molecule has 3 atom stereocenters. The van der Waals surface area contributed by atoms with Gasteiger partial charge in [-0.3, -0.25) is 14.6 Å². The smallest absolute Gasteiger partial charge is 0.270 e. The summed E-state index contributed by atoms with van der Waals surface area (Å²) in [6, 6.07) is 17.9. The van der Waals surface area contributed by atoms with Gasteiger partial charge in [-0.15, -0.1) is 0 Å². The molecule has 40 heavy (non-hydrogen) atoms. The average Bonchev–Trinajstić information content (AvgIpc) is 3.71. The molecule has 2 aliphatic rings. The molecule has 6 heterocycles. The molecule has 2 saturated heterocycles. The predicted molar refractivity (Wildman–Crippen MR) is 152 cm³/mol. The highest BCUT2D eigenvalue weighted by Gasteiger charge is 2.45. The summed E-state index contributed by atoms with van der Waals surface area (Å²) in [6.45, 7) is 1.53. The maximum absolute atomic E-state index is 13.2. The van der Waals surface area contributed by atoms with Crippen LogP contribution in [0.5, 0.6) is 0 Å². The van der Waals surface area contributed by atoms with E-state index in [0.29, 0.717) is 28.4 Å². The molecule has 2 aliphatic heterocycles. The number of ketones is 1. The molecule has 2 bridgehead atoms. The molecular formula is C31H29N7O2. The van der Waals surface area contributed by atoms with E-state index in [-0.39, 0.29) is 29.7 Å². The van der Waals surface area contributed by atoms with E-state index in [1.807, 2.05) is 65.7 Å². The third-order valence-corrected chi connectivity index (χ3v) is 8.39. The van der Waals surface area contributed by atoms with Crippen molar-refractivity contribution < 1.29 is 9.59 Å². The maximum atomic E-state index is 13.2. The Morgan fingerprint density at radius 1 is 0.950 bits per heavy atom. The number of hydrogen-bond acceptors (Lipinski definition) is 6. The number of anilines is 1. The standard InChI is InChI=1S/C31H29N7O2/c1-18(39)27-28(21-14-22-10-11-23(15-21)37(22)31(40)26-8-5-13-33-26)36-30-24(17-35-38(30)29(27)32)20-9-12-25(34-16-20)19-6-3-2-4-7-19/h2-9,12-13,16-17,21-23,33H,10-11,14-15,32H2,1H3/t21-,22-,23+. The highest BCUT2D eigenvalue weighted by Crippen LogP contribution is 2.45. The molecule has 3 N–H and O–H groups in total. The van der Waals surface area contributed by atoms with Crippen molar-refractivity contribution in [3.8, 4) is 22.4 Å². The number of pyridine rings is 1. The number of amides is 1. The second kappa shape index (κ2) is 9.44. The Morgan fingerprint density at radius 2 is 1.73 bits per heavy atom. The van der Waals surface area contributed by atoms with Crippen LogP contribution < -0.4 is 5.73 Å². The molecule has 9 nitrogen and oxygen atoms in total. The number of nitrogens with zero attached hydrogens (tertiary/aromatic N) is 5. The average molecular weight is 532 g/mol. The SMILES string of the molecule is CC(=O)c1c([C@@H]2C[C@H]3CC[C@@H](C2)N3C(=O)c2ccc[nH]2)nc2c(-c3ccc(-c4ccccc4)nc3)cnn2c1N. The van der Waals surface area contributed by atoms with Crippen molar-refractivity contribution in [2.75, 3.05) is 5.73 Å². The summed E-state index contributed by atoms with van der Waals surface area (Å²) in [7, 11) is 0. The van der Waals surface area contributed by atoms with Crippen LogP contribution >= 0.6 is 0 Å². The Kier molecular flexibility index (Phi) is 5.73. The van der Waals surface area contributed by atoms with E-state index in [9.17, 15) is 9.59 Å². The summed E-state index contributed by atoms with van der Waals surface area (Å²) in [5, 5.41) is 4.50. The summed E-state index contributed by atoms with van der Waals surface area (Å²) >= 11 is 0. The Hall–Kier alpha value is -4.79. The number of aromatic nitrogens is 5. The molecule has 0 aliphatic carbocycles. The van der Waals surface area contributed by atoms with Crippen LogP contribution in [0.2, 0.25) is 0 Å². The van der Waals surface area contributed by atoms with Crippen LogP contribution in [0.4, 0.5) is 5.82 Å². The van der Waals surface area contributed by atoms with E-state index in [0.717, 1.165) is 48.1 Å². The van der Waals surface area contributed by atoms with Gasteiger partial charge in [0.15, 0.2) is 11.4 Å². The molecule has 4 aromatic heterocycles. The molecular weight excluding hydrogens is 502 g/mol. The Morgan fingerprint density at radius 3 is 2.38 bits per heavy atom. The Bertz CT molecular complexity index is 1710. The number of benzene rings is 1. The van der Waals surface area contributed by atoms with Gasteiger partial charge in [-0.05, 0) is 50.8 Å². The summed E-state index contributed by atoms with van der Waals surface area (Å²) in [5.74, 6) is 0.211. The van der Waals surface area contributed by atoms with Crippen molar-refractivity contribution in [1.82, 2.24) is 29.5 Å². The molecule has 5 aromatic rings. The highest BCUT2D eigenvalue weighted by atomic mass is 16.2. The largest absolute Gasteiger partial charge is 0.383 e. The van der Waals surface area contributed by atoms with Crippen LogP contribution in [0.25, 0.3) is 28.0 Å². The van der Waals surface area contributed by atoms with E-state index in [2.05, 4.69) is 15.1 Å². The van der Waals surface area contributed by atoms with Gasteiger partial charge in [0.2, 0.25) is 0 Å². The van der Waals surface area contributed by atoms with Gasteiger partial charge >= 0.3 is 0 Å². The Balaban J connectivity index is 1.26. The first-order valence-corrected chi connectivity index (χ1v) is 13.7. The number of hydrogen-bond donors (Lipinski definition) is 2. The fourth-order valence-corrected chi connectivity index (χ4v) is 6.56. The normalized spacial score (nSPS) is 20.2. The number of rotatable bonds is 5. The molecule has 2 fully saturated rings. The fraction of sp³-hybridized carbons (Fsp3) is 0.258. The lowest BCUT2D eigenvalue weighted by Gasteiger charge is -2.39. The molecule has 0 unspecified atom stereocenters. The second-order valence-electron chi connectivity index (χ2n) is 10.8. The number of carbonyl (C=O) groups excluding carboxylic acids is 2. The highest BCUT2D eigenvalue weighted by molar-refractivity contribution is 6.00. The summed E-state index contributed by atoms with van der Waals surface area (Å²) in [6.07, 6.45) is 8.69. The molecule has 9 heteroatoms. The first kappa shape index (κ1) is 24.3. The summed E-state index contributed by atoms with van der Waals surface area (Å²) in [4.78, 5) is 41.0. The molecule has 0 spiro atoms. The maximum Gasteiger partial charge on any atom is 0.270 e. The lowest BCUT2D eigenvalue weighted by molar-refractivity contribution is 0.0563. The van der Waals surface area contributed by atoms with Crippen LogP contribution in [0, 0.1) is 0 Å². The quantitative estimate of drug-likeness (QED) is 0.304. The van der Waals surface area contributed by atoms with Gasteiger partial charge in [0, 0.05) is 47.1 Å². The number of nitrogens with one attached hydrogen (secondary N) is 1. The number of fused-ring (bicyclic) bond motifs is 3. The zero-order valence-electron chi connectivity index (χ0n) is 22.1. The van der Waals surface area contributed by atoms with E-state index in [4.69, 9.17) is 10.7 Å². The van der Waals surface area contributed by atoms with Crippen molar-refractivity contribution in [2.45, 2.75) is 50.6 Å². The van der Waals surface area contributed by atoms with Crippen LogP contribution in [-0.4, -0.2) is 53.2 Å². The molecule has 1 amide bonds. The van der Waals surface area contributed by atoms with Crippen molar-refractivity contribution in [3.63, 3.8) is 0 Å². The summed E-state index contributed by atoms with van der Waals surface area (Å²) < 4.78 is 1.55. The van der Waals surface area contributed by atoms with Gasteiger partial charge in [-0.2, -0.15) is 9.61 Å². The van der Waals surface area contributed by atoms with Crippen LogP contribution in [-0.2, 0) is 0 Å². The Labute approximate surface area is 231 Å². The lowest BCUT2D eigenvalue weighted by atomic mass is 9.85. The number of piperidine rings is 1. The first-order chi connectivity index (χ1) is 19.5. The third-order valence-electron chi connectivity index (χ3n) is 8.39. The minimum absolute atomic E-state index is 0.0118. The number of carbonyl (C=O) groups is 2. The lowest BCUT2D eigenvalue weighted by Crippen LogP contribution is -2.46. The van der Waals surface area contributed by atoms with Gasteiger partial charge in [0.1, 0.15) is 11.5 Å². The molecule has 0 radical (unpaired) electrons. The zero-order chi connectivity index (χ0) is 27.4. The van der Waals surface area contributed by atoms with Gasteiger partial charge in [-0.25, -0.2) is 4.98 Å². The molecule has 0 saturated carbocycles. The fourth-order valence-electron chi connectivity index (χ4n) is 6.56. The summed E-state index contributed by atoms with van der Waals surface area (Å²) in [5.41, 5.74) is 12.5. The van der Waals surface area contributed by atoms with Crippen LogP contribution in [0.3, 0.4) is 0 Å². The first-order valence-electron chi connectivity index (χ1n) is 13.7. The van der Waals surface area contributed by atoms with E-state index >= 15 is 0 Å². The topological polar surface area (TPSA) is 122 Å². The van der Waals surface area contributed by atoms with Gasteiger partial charge < -0.3 is 15.6 Å². The predicted octanol–water partition coefficient (Wildman–Crippen LogP) is 5.12. The number of aromatic amines is 1. The monoisotopic (exact) mass is 531 g/mol. The number of nitrogen functional groups attached to an aromatic ring is 1. The van der Waals surface area contributed by atoms with Gasteiger partial charge in [-0.1, -0.05) is 36.4 Å². The number of nitrogens with two attached hydrogens (primary N) is 1. The minimum atomic E-state index is -0.134. The van der Waals surface area contributed by atoms with Gasteiger partial charge in [0.05, 0.1) is 23.1 Å². The number of H-pyrrole nitrogens is 1. The number of Topliss-reactive ketones (excluding diaryl/α,β-unsaturated/α-hetero) is 1. The third kappa shape index (κ3) is 3.88.